The Hall–Kier alpha value is -3.23. The summed E-state index contributed by atoms with van der Waals surface area (Å²) >= 11 is 7.20. The average Bonchev–Trinajstić information content (AvgIpc) is 3.35. The number of rotatable bonds is 7. The van der Waals surface area contributed by atoms with Gasteiger partial charge in [-0.2, -0.15) is 5.10 Å². The van der Waals surface area contributed by atoms with Crippen LogP contribution < -0.4 is 10.1 Å². The van der Waals surface area contributed by atoms with Crippen molar-refractivity contribution >= 4 is 34.5 Å². The second-order valence-corrected chi connectivity index (χ2v) is 8.81. The molecular weight excluding hydrogens is 468 g/mol. The van der Waals surface area contributed by atoms with Crippen molar-refractivity contribution in [1.29, 1.82) is 0 Å². The molecule has 0 atom stereocenters. The zero-order chi connectivity index (χ0) is 23.5. The standard InChI is InChI=1S/C24H20ClF2N3O2S/c1-14-23(15(2)30(29-14)11-16-3-5-18(25)6-4-16)28-24(31)22-9-17(13-33-22)12-32-21-8-7-19(26)10-20(21)27/h3-10,13H,11-12H2,1-2H3,(H,28,31). The maximum Gasteiger partial charge on any atom is 0.265 e. The first-order chi connectivity index (χ1) is 15.8. The van der Waals surface area contributed by atoms with E-state index in [0.717, 1.165) is 23.4 Å². The van der Waals surface area contributed by atoms with E-state index >= 15 is 0 Å². The summed E-state index contributed by atoms with van der Waals surface area (Å²) in [5, 5.41) is 9.92. The topological polar surface area (TPSA) is 56.2 Å². The number of hydrogen-bond acceptors (Lipinski definition) is 4. The van der Waals surface area contributed by atoms with Crippen molar-refractivity contribution in [3.05, 3.63) is 98.0 Å². The third-order valence-electron chi connectivity index (χ3n) is 5.03. The molecule has 5 nitrogen and oxygen atoms in total. The summed E-state index contributed by atoms with van der Waals surface area (Å²) in [4.78, 5) is 13.3. The molecule has 4 rings (SSSR count). The smallest absolute Gasteiger partial charge is 0.265 e. The van der Waals surface area contributed by atoms with Crippen LogP contribution in [0.15, 0.2) is 53.9 Å². The maximum atomic E-state index is 13.7. The highest BCUT2D eigenvalue weighted by atomic mass is 35.5. The molecule has 33 heavy (non-hydrogen) atoms. The number of nitrogens with one attached hydrogen (secondary N) is 1. The summed E-state index contributed by atoms with van der Waals surface area (Å²) in [5.74, 6) is -1.76. The van der Waals surface area contributed by atoms with E-state index in [9.17, 15) is 13.6 Å². The summed E-state index contributed by atoms with van der Waals surface area (Å²) in [7, 11) is 0. The molecule has 0 aliphatic rings. The van der Waals surface area contributed by atoms with Gasteiger partial charge in [-0.25, -0.2) is 8.78 Å². The van der Waals surface area contributed by atoms with E-state index in [1.807, 2.05) is 42.8 Å². The van der Waals surface area contributed by atoms with Crippen molar-refractivity contribution in [1.82, 2.24) is 9.78 Å². The predicted molar refractivity (Wildman–Crippen MR) is 125 cm³/mol. The Morgan fingerprint density at radius 2 is 1.88 bits per heavy atom. The predicted octanol–water partition coefficient (Wildman–Crippen LogP) is 6.37. The van der Waals surface area contributed by atoms with Gasteiger partial charge in [-0.05, 0) is 55.1 Å². The number of amides is 1. The Kier molecular flexibility index (Phi) is 6.76. The number of halogens is 3. The Morgan fingerprint density at radius 3 is 2.61 bits per heavy atom. The molecule has 0 aliphatic carbocycles. The number of aromatic nitrogens is 2. The fourth-order valence-electron chi connectivity index (χ4n) is 3.29. The highest BCUT2D eigenvalue weighted by molar-refractivity contribution is 7.12. The third kappa shape index (κ3) is 5.40. The number of ether oxygens (including phenoxy) is 1. The van der Waals surface area contributed by atoms with Crippen LogP contribution in [0.4, 0.5) is 14.5 Å². The van der Waals surface area contributed by atoms with Crippen LogP contribution in [0.25, 0.3) is 0 Å². The van der Waals surface area contributed by atoms with Crippen LogP contribution in [-0.2, 0) is 13.2 Å². The minimum atomic E-state index is -0.773. The Balaban J connectivity index is 1.42. The van der Waals surface area contributed by atoms with Crippen LogP contribution >= 0.6 is 22.9 Å². The van der Waals surface area contributed by atoms with Crippen molar-refractivity contribution in [3.8, 4) is 5.75 Å². The molecule has 170 valence electrons. The van der Waals surface area contributed by atoms with Crippen LogP contribution in [0.5, 0.6) is 5.75 Å². The molecule has 0 bridgehead atoms. The quantitative estimate of drug-likeness (QED) is 0.329. The van der Waals surface area contributed by atoms with Crippen molar-refractivity contribution < 1.29 is 18.3 Å². The lowest BCUT2D eigenvalue weighted by molar-refractivity contribution is 0.103. The van der Waals surface area contributed by atoms with E-state index < -0.39 is 11.6 Å². The van der Waals surface area contributed by atoms with Crippen LogP contribution in [0, 0.1) is 25.5 Å². The molecule has 0 unspecified atom stereocenters. The Bertz CT molecular complexity index is 1300. The van der Waals surface area contributed by atoms with E-state index in [4.69, 9.17) is 16.3 Å². The molecule has 0 spiro atoms. The second kappa shape index (κ2) is 9.72. The molecule has 0 saturated carbocycles. The van der Waals surface area contributed by atoms with E-state index in [1.165, 1.54) is 17.4 Å². The fourth-order valence-corrected chi connectivity index (χ4v) is 4.21. The van der Waals surface area contributed by atoms with Gasteiger partial charge >= 0.3 is 0 Å². The number of thiophene rings is 1. The van der Waals surface area contributed by atoms with Gasteiger partial charge in [-0.1, -0.05) is 23.7 Å². The minimum absolute atomic E-state index is 0.0482. The SMILES string of the molecule is Cc1nn(Cc2ccc(Cl)cc2)c(C)c1NC(=O)c1cc(COc2ccc(F)cc2F)cs1. The van der Waals surface area contributed by atoms with Crippen molar-refractivity contribution in [2.75, 3.05) is 5.32 Å². The van der Waals surface area contributed by atoms with Crippen molar-refractivity contribution in [2.45, 2.75) is 27.0 Å². The number of benzene rings is 2. The molecule has 2 aromatic carbocycles. The summed E-state index contributed by atoms with van der Waals surface area (Å²) in [6, 6.07) is 12.3. The lowest BCUT2D eigenvalue weighted by Gasteiger charge is -2.07. The Morgan fingerprint density at radius 1 is 1.12 bits per heavy atom. The van der Waals surface area contributed by atoms with Gasteiger partial charge in [0.25, 0.3) is 5.91 Å². The number of aryl methyl sites for hydroxylation is 1. The molecule has 0 radical (unpaired) electrons. The van der Waals surface area contributed by atoms with E-state index in [0.29, 0.717) is 33.4 Å². The molecule has 2 heterocycles. The molecule has 2 aromatic heterocycles. The zero-order valence-corrected chi connectivity index (χ0v) is 19.4. The van der Waals surface area contributed by atoms with Crippen LogP contribution in [0.3, 0.4) is 0 Å². The normalized spacial score (nSPS) is 10.9. The average molecular weight is 488 g/mol. The second-order valence-electron chi connectivity index (χ2n) is 7.47. The molecule has 9 heteroatoms. The lowest BCUT2D eigenvalue weighted by atomic mass is 10.2. The lowest BCUT2D eigenvalue weighted by Crippen LogP contribution is -2.12. The molecule has 0 aliphatic heterocycles. The summed E-state index contributed by atoms with van der Waals surface area (Å²) < 4.78 is 34.0. The van der Waals surface area contributed by atoms with Crippen LogP contribution in [-0.4, -0.2) is 15.7 Å². The summed E-state index contributed by atoms with van der Waals surface area (Å²) in [5.41, 5.74) is 3.96. The van der Waals surface area contributed by atoms with Crippen LogP contribution in [0.1, 0.15) is 32.2 Å². The van der Waals surface area contributed by atoms with E-state index in [2.05, 4.69) is 10.4 Å². The van der Waals surface area contributed by atoms with Crippen molar-refractivity contribution in [3.63, 3.8) is 0 Å². The highest BCUT2D eigenvalue weighted by Gasteiger charge is 2.17. The number of nitrogens with zero attached hydrogens (tertiary/aromatic N) is 2. The van der Waals surface area contributed by atoms with E-state index in [-0.39, 0.29) is 18.3 Å². The Labute approximate surface area is 198 Å². The van der Waals surface area contributed by atoms with Gasteiger partial charge < -0.3 is 10.1 Å². The van der Waals surface area contributed by atoms with Gasteiger partial charge in [0.1, 0.15) is 12.4 Å². The van der Waals surface area contributed by atoms with Gasteiger partial charge in [-0.3, -0.25) is 9.48 Å². The first-order valence-corrected chi connectivity index (χ1v) is 11.3. The minimum Gasteiger partial charge on any atom is -0.486 e. The first-order valence-electron chi connectivity index (χ1n) is 10.0. The van der Waals surface area contributed by atoms with Gasteiger partial charge in [-0.15, -0.1) is 11.3 Å². The van der Waals surface area contributed by atoms with Gasteiger partial charge in [0.05, 0.1) is 28.5 Å². The van der Waals surface area contributed by atoms with Crippen molar-refractivity contribution in [2.24, 2.45) is 0 Å². The fraction of sp³-hybridized carbons (Fsp3) is 0.167. The number of anilines is 1. The molecule has 1 amide bonds. The van der Waals surface area contributed by atoms with Crippen LogP contribution in [0.2, 0.25) is 5.02 Å². The molecule has 4 aromatic rings. The zero-order valence-electron chi connectivity index (χ0n) is 17.9. The monoisotopic (exact) mass is 487 g/mol. The first kappa shape index (κ1) is 22.9. The highest BCUT2D eigenvalue weighted by Crippen LogP contribution is 2.25. The van der Waals surface area contributed by atoms with Gasteiger partial charge in [0, 0.05) is 16.7 Å². The third-order valence-corrected chi connectivity index (χ3v) is 6.26. The number of carbonyl (C=O) groups is 1. The van der Waals surface area contributed by atoms with Gasteiger partial charge in [0.2, 0.25) is 0 Å². The molecule has 0 fully saturated rings. The number of carbonyl (C=O) groups excluding carboxylic acids is 1. The molecular formula is C24H20ClF2N3O2S. The van der Waals surface area contributed by atoms with Gasteiger partial charge in [0.15, 0.2) is 11.6 Å². The number of hydrogen-bond donors (Lipinski definition) is 1. The molecule has 1 N–H and O–H groups in total. The largest absolute Gasteiger partial charge is 0.486 e. The van der Waals surface area contributed by atoms with E-state index in [1.54, 1.807) is 11.4 Å². The molecule has 0 saturated heterocycles. The summed E-state index contributed by atoms with van der Waals surface area (Å²) in [6.45, 7) is 4.35. The maximum absolute atomic E-state index is 13.7. The summed E-state index contributed by atoms with van der Waals surface area (Å²) in [6.07, 6.45) is 0.